The van der Waals surface area contributed by atoms with E-state index in [9.17, 15) is 18.4 Å². The van der Waals surface area contributed by atoms with Crippen LogP contribution in [0.4, 0.5) is 8.78 Å². The van der Waals surface area contributed by atoms with Crippen molar-refractivity contribution in [3.8, 4) is 0 Å². The summed E-state index contributed by atoms with van der Waals surface area (Å²) in [6, 6.07) is 1.03. The van der Waals surface area contributed by atoms with Crippen LogP contribution in [0, 0.1) is 17.6 Å². The minimum absolute atomic E-state index is 0.0657. The lowest BCUT2D eigenvalue weighted by Gasteiger charge is -2.12. The van der Waals surface area contributed by atoms with Gasteiger partial charge in [0.15, 0.2) is 23.3 Å². The highest BCUT2D eigenvalue weighted by molar-refractivity contribution is 9.10. The van der Waals surface area contributed by atoms with Gasteiger partial charge < -0.3 is 4.74 Å². The summed E-state index contributed by atoms with van der Waals surface area (Å²) in [5.74, 6) is -5.34. The van der Waals surface area contributed by atoms with Crippen LogP contribution in [0.5, 0.6) is 0 Å². The molecule has 0 spiro atoms. The monoisotopic (exact) mass is 407 g/mol. The van der Waals surface area contributed by atoms with E-state index in [1.165, 1.54) is 6.21 Å². The maximum atomic E-state index is 14.1. The summed E-state index contributed by atoms with van der Waals surface area (Å²) in [5, 5.41) is -0.815. The van der Waals surface area contributed by atoms with Crippen molar-refractivity contribution in [2.24, 2.45) is 10.9 Å². The Morgan fingerprint density at radius 2 is 2.13 bits per heavy atom. The molecule has 1 unspecified atom stereocenters. The van der Waals surface area contributed by atoms with E-state index in [1.807, 2.05) is 0 Å². The highest BCUT2D eigenvalue weighted by Crippen LogP contribution is 2.30. The Labute approximate surface area is 145 Å². The number of esters is 1. The second-order valence-electron chi connectivity index (χ2n) is 4.97. The Bertz CT molecular complexity index is 677. The number of nitrogens with zero attached hydrogens (tertiary/aromatic N) is 1. The maximum Gasteiger partial charge on any atom is 0.322 e. The van der Waals surface area contributed by atoms with E-state index in [-0.39, 0.29) is 17.1 Å². The molecule has 4 nitrogen and oxygen atoms in total. The van der Waals surface area contributed by atoms with Crippen LogP contribution in [0.15, 0.2) is 15.5 Å². The minimum atomic E-state index is -1.39. The summed E-state index contributed by atoms with van der Waals surface area (Å²) in [4.78, 5) is 28.6. The molecule has 8 heteroatoms. The van der Waals surface area contributed by atoms with Gasteiger partial charge in [0.2, 0.25) is 0 Å². The number of ketones is 1. The summed E-state index contributed by atoms with van der Waals surface area (Å²) in [6.07, 6.45) is 2.92. The summed E-state index contributed by atoms with van der Waals surface area (Å²) in [5.41, 5.74) is -0.497. The first-order valence-electron chi connectivity index (χ1n) is 6.94. The van der Waals surface area contributed by atoms with Crippen molar-refractivity contribution in [3.05, 3.63) is 32.8 Å². The zero-order chi connectivity index (χ0) is 17.1. The van der Waals surface area contributed by atoms with Gasteiger partial charge in [0.1, 0.15) is 5.02 Å². The quantitative estimate of drug-likeness (QED) is 0.179. The van der Waals surface area contributed by atoms with E-state index < -0.39 is 39.9 Å². The Hall–Kier alpha value is -1.34. The molecule has 1 aromatic carbocycles. The molecule has 23 heavy (non-hydrogen) atoms. The molecule has 1 saturated carbocycles. The second kappa shape index (κ2) is 7.49. The lowest BCUT2D eigenvalue weighted by Crippen LogP contribution is -2.28. The highest BCUT2D eigenvalue weighted by atomic mass is 79.9. The van der Waals surface area contributed by atoms with Crippen molar-refractivity contribution in [2.75, 3.05) is 6.61 Å². The Morgan fingerprint density at radius 1 is 1.48 bits per heavy atom. The molecule has 0 aromatic heterocycles. The van der Waals surface area contributed by atoms with Gasteiger partial charge in [-0.25, -0.2) is 8.78 Å². The third-order valence-electron chi connectivity index (χ3n) is 3.18. The molecular weight excluding hydrogens is 396 g/mol. The average molecular weight is 409 g/mol. The number of hydrogen-bond acceptors (Lipinski definition) is 4. The van der Waals surface area contributed by atoms with Gasteiger partial charge in [-0.05, 0) is 41.8 Å². The molecule has 2 rings (SSSR count). The van der Waals surface area contributed by atoms with Crippen LogP contribution in [0.25, 0.3) is 0 Å². The Morgan fingerprint density at radius 3 is 2.70 bits per heavy atom. The van der Waals surface area contributed by atoms with Gasteiger partial charge in [-0.3, -0.25) is 14.6 Å². The molecule has 1 aliphatic carbocycles. The Kier molecular flexibility index (Phi) is 5.86. The number of aliphatic imine (C=N–C) groups is 1. The lowest BCUT2D eigenvalue weighted by molar-refractivity contribution is -0.143. The van der Waals surface area contributed by atoms with Crippen LogP contribution in [-0.4, -0.2) is 30.6 Å². The number of carbonyl (C=O) groups is 2. The fourth-order valence-electron chi connectivity index (χ4n) is 1.82. The number of halogens is 4. The van der Waals surface area contributed by atoms with Crippen molar-refractivity contribution in [3.63, 3.8) is 0 Å². The number of benzene rings is 1. The van der Waals surface area contributed by atoms with Crippen molar-refractivity contribution < 1.29 is 23.1 Å². The van der Waals surface area contributed by atoms with Gasteiger partial charge in [0.25, 0.3) is 0 Å². The highest BCUT2D eigenvalue weighted by Gasteiger charge is 2.32. The number of carbonyl (C=O) groups excluding carboxylic acids is 2. The SMILES string of the molecule is CCOC(=O)C(C=NC1CC1)C(=O)c1cc(Br)c(F)c(Cl)c1F. The van der Waals surface area contributed by atoms with Crippen LogP contribution in [0.3, 0.4) is 0 Å². The molecule has 124 valence electrons. The first kappa shape index (κ1) is 18.0. The summed E-state index contributed by atoms with van der Waals surface area (Å²) in [7, 11) is 0. The van der Waals surface area contributed by atoms with Crippen LogP contribution in [0.1, 0.15) is 30.1 Å². The van der Waals surface area contributed by atoms with Crippen molar-refractivity contribution in [1.29, 1.82) is 0 Å². The fourth-order valence-corrected chi connectivity index (χ4v) is 2.56. The third-order valence-corrected chi connectivity index (χ3v) is 4.09. The van der Waals surface area contributed by atoms with Crippen LogP contribution in [-0.2, 0) is 9.53 Å². The normalized spacial score (nSPS) is 15.7. The summed E-state index contributed by atoms with van der Waals surface area (Å²) in [6.45, 7) is 1.65. The number of rotatable bonds is 6. The number of Topliss-reactive ketones (excluding diaryl/α,β-unsaturated/α-hetero) is 1. The fraction of sp³-hybridized carbons (Fsp3) is 0.400. The molecule has 0 radical (unpaired) electrons. The van der Waals surface area contributed by atoms with Gasteiger partial charge in [-0.1, -0.05) is 11.6 Å². The predicted molar refractivity (Wildman–Crippen MR) is 85.0 cm³/mol. The van der Waals surface area contributed by atoms with Gasteiger partial charge in [0, 0.05) is 12.3 Å². The van der Waals surface area contributed by atoms with Gasteiger partial charge in [0.05, 0.1) is 16.6 Å². The van der Waals surface area contributed by atoms with E-state index in [4.69, 9.17) is 16.3 Å². The van der Waals surface area contributed by atoms with Crippen molar-refractivity contribution in [1.82, 2.24) is 0 Å². The topological polar surface area (TPSA) is 55.7 Å². The molecule has 1 aliphatic rings. The molecule has 0 saturated heterocycles. The molecule has 1 atom stereocenters. The van der Waals surface area contributed by atoms with Crippen molar-refractivity contribution in [2.45, 2.75) is 25.8 Å². The molecule has 1 fully saturated rings. The van der Waals surface area contributed by atoms with E-state index >= 15 is 0 Å². The van der Waals surface area contributed by atoms with E-state index in [1.54, 1.807) is 6.92 Å². The first-order chi connectivity index (χ1) is 10.9. The molecule has 0 amide bonds. The largest absolute Gasteiger partial charge is 0.465 e. The molecule has 1 aromatic rings. The van der Waals surface area contributed by atoms with Gasteiger partial charge in [-0.2, -0.15) is 0 Å². The van der Waals surface area contributed by atoms with E-state index in [2.05, 4.69) is 20.9 Å². The van der Waals surface area contributed by atoms with Crippen molar-refractivity contribution >= 4 is 45.5 Å². The average Bonchev–Trinajstić information content (AvgIpc) is 3.33. The lowest BCUT2D eigenvalue weighted by atomic mass is 9.98. The molecule has 0 aliphatic heterocycles. The standard InChI is InChI=1S/C15H13BrClF2NO3/c1-2-23-15(22)9(6-20-7-3-4-7)14(21)8-5-10(16)13(19)11(17)12(8)18/h5-7,9H,2-4H2,1H3. The van der Waals surface area contributed by atoms with Crippen LogP contribution >= 0.6 is 27.5 Å². The maximum absolute atomic E-state index is 14.1. The smallest absolute Gasteiger partial charge is 0.322 e. The summed E-state index contributed by atoms with van der Waals surface area (Å²) < 4.78 is 32.3. The second-order valence-corrected chi connectivity index (χ2v) is 6.20. The first-order valence-corrected chi connectivity index (χ1v) is 8.11. The number of ether oxygens (including phenoxy) is 1. The zero-order valence-electron chi connectivity index (χ0n) is 12.1. The number of hydrogen-bond donors (Lipinski definition) is 0. The van der Waals surface area contributed by atoms with Crippen LogP contribution in [0.2, 0.25) is 5.02 Å². The molecule has 0 N–H and O–H groups in total. The molecular formula is C15H13BrClF2NO3. The van der Waals surface area contributed by atoms with Crippen LogP contribution < -0.4 is 0 Å². The van der Waals surface area contributed by atoms with Gasteiger partial charge >= 0.3 is 5.97 Å². The van der Waals surface area contributed by atoms with Gasteiger partial charge in [-0.15, -0.1) is 0 Å². The molecule has 0 heterocycles. The minimum Gasteiger partial charge on any atom is -0.465 e. The van der Waals surface area contributed by atoms with E-state index in [0.29, 0.717) is 0 Å². The summed E-state index contributed by atoms with van der Waals surface area (Å²) >= 11 is 8.39. The predicted octanol–water partition coefficient (Wildman–Crippen LogP) is 3.98. The zero-order valence-corrected chi connectivity index (χ0v) is 14.5. The Balaban J connectivity index is 2.38. The van der Waals surface area contributed by atoms with E-state index in [0.717, 1.165) is 18.9 Å². The third kappa shape index (κ3) is 4.14. The molecule has 0 bridgehead atoms.